The zero-order chi connectivity index (χ0) is 31.7. The molecule has 0 spiro atoms. The third-order valence-electron chi connectivity index (χ3n) is 9.57. The number of fused-ring (bicyclic) bond motifs is 3. The van der Waals surface area contributed by atoms with Crippen molar-refractivity contribution in [1.29, 1.82) is 0 Å². The van der Waals surface area contributed by atoms with E-state index in [2.05, 4.69) is 5.32 Å². The van der Waals surface area contributed by atoms with Crippen LogP contribution in [0.1, 0.15) is 39.0 Å². The lowest BCUT2D eigenvalue weighted by Crippen LogP contribution is -2.74. The number of Topliss-reactive ketones (excluding diaryl/α,β-unsaturated/α-hetero) is 4. The molecular formula is C32H38N4O7. The molecule has 5 rings (SSSR count). The number of carbonyl (C=O) groups excluding carboxylic acids is 5. The molecule has 2 fully saturated rings. The zero-order valence-electron chi connectivity index (χ0n) is 25.2. The molecule has 11 nitrogen and oxygen atoms in total. The van der Waals surface area contributed by atoms with Crippen molar-refractivity contribution in [1.82, 2.24) is 4.90 Å². The topological polar surface area (TPSA) is 170 Å². The van der Waals surface area contributed by atoms with Crippen LogP contribution in [0.2, 0.25) is 0 Å². The Balaban J connectivity index is 1.59. The Morgan fingerprint density at radius 1 is 1.05 bits per heavy atom. The second kappa shape index (κ2) is 10.6. The minimum atomic E-state index is -2.75. The van der Waals surface area contributed by atoms with Crippen molar-refractivity contribution < 1.29 is 34.2 Å². The number of likely N-dealkylation sites (N-methyl/N-ethyl adjacent to an activating group) is 1. The summed E-state index contributed by atoms with van der Waals surface area (Å²) < 4.78 is 0. The minimum absolute atomic E-state index is 0.00427. The molecule has 0 radical (unpaired) electrons. The number of aromatic hydroxyl groups is 1. The molecule has 3 aliphatic rings. The van der Waals surface area contributed by atoms with Crippen molar-refractivity contribution in [2.45, 2.75) is 44.9 Å². The van der Waals surface area contributed by atoms with E-state index in [4.69, 9.17) is 5.73 Å². The Morgan fingerprint density at radius 2 is 1.72 bits per heavy atom. The number of rotatable bonds is 6. The molecule has 11 heteroatoms. The zero-order valence-corrected chi connectivity index (χ0v) is 25.2. The van der Waals surface area contributed by atoms with Gasteiger partial charge in [-0.2, -0.15) is 0 Å². The third-order valence-corrected chi connectivity index (χ3v) is 9.57. The number of primary amides is 1. The van der Waals surface area contributed by atoms with Crippen molar-refractivity contribution >= 4 is 40.4 Å². The van der Waals surface area contributed by atoms with E-state index in [9.17, 15) is 34.2 Å². The molecule has 43 heavy (non-hydrogen) atoms. The van der Waals surface area contributed by atoms with E-state index in [1.165, 1.54) is 4.90 Å². The van der Waals surface area contributed by atoms with Crippen LogP contribution in [0.25, 0.3) is 0 Å². The van der Waals surface area contributed by atoms with Crippen LogP contribution >= 0.6 is 0 Å². The Kier molecular flexibility index (Phi) is 7.46. The van der Waals surface area contributed by atoms with Crippen molar-refractivity contribution in [3.05, 3.63) is 52.1 Å². The van der Waals surface area contributed by atoms with Crippen molar-refractivity contribution in [3.63, 3.8) is 0 Å². The van der Waals surface area contributed by atoms with Crippen LogP contribution < -0.4 is 16.0 Å². The summed E-state index contributed by atoms with van der Waals surface area (Å²) in [5.41, 5.74) is 7.35. The largest absolute Gasteiger partial charge is 0.505 e. The second-order valence-electron chi connectivity index (χ2n) is 12.6. The predicted molar refractivity (Wildman–Crippen MR) is 159 cm³/mol. The molecule has 0 bridgehead atoms. The van der Waals surface area contributed by atoms with Crippen LogP contribution in [0.3, 0.4) is 0 Å². The summed E-state index contributed by atoms with van der Waals surface area (Å²) in [6.45, 7) is 4.39. The van der Waals surface area contributed by atoms with E-state index >= 15 is 0 Å². The van der Waals surface area contributed by atoms with Crippen molar-refractivity contribution in [3.8, 4) is 5.75 Å². The van der Waals surface area contributed by atoms with E-state index in [0.29, 0.717) is 23.5 Å². The smallest absolute Gasteiger partial charge is 0.235 e. The molecule has 0 heterocycles. The number of anilines is 2. The first kappa shape index (κ1) is 30.4. The van der Waals surface area contributed by atoms with E-state index in [1.807, 2.05) is 51.0 Å². The quantitative estimate of drug-likeness (QED) is 0.283. The van der Waals surface area contributed by atoms with Gasteiger partial charge in [-0.05, 0) is 75.0 Å². The highest BCUT2D eigenvalue weighted by Gasteiger charge is 2.69. The number of benzene rings is 2. The minimum Gasteiger partial charge on any atom is -0.505 e. The standard InChI is InChI=1S/C32H38N4O7/c1-14-7-8-16(9-15(14)2)13-34-20-12-21(35(3)4)18-10-17-11-19-25(36(5)6)28(39)24(31(33)42)30(41)32(19,43)29(40)22(17)27(38)23(18)26(20)37/h7-9,12,17,19,22,24-25,34,37,43H,10-11,13H2,1-6H3,(H2,33,42)/t17-,19-,22?,24?,25-,32-/m1/s1. The van der Waals surface area contributed by atoms with Gasteiger partial charge in [-0.1, -0.05) is 18.2 Å². The summed E-state index contributed by atoms with van der Waals surface area (Å²) >= 11 is 0. The van der Waals surface area contributed by atoms with Crippen molar-refractivity contribution in [2.75, 3.05) is 38.4 Å². The maximum absolute atomic E-state index is 14.2. The first-order chi connectivity index (χ1) is 20.1. The van der Waals surface area contributed by atoms with Gasteiger partial charge in [0.2, 0.25) is 5.91 Å². The number of hydrogen-bond acceptors (Lipinski definition) is 10. The van der Waals surface area contributed by atoms with E-state index in [0.717, 1.165) is 16.7 Å². The SMILES string of the molecule is Cc1ccc(CNc2cc(N(C)C)c3c(c2O)C(=O)C2C(=O)[C@@]4(O)C(=O)C(C(N)=O)C(=O)[C@H](N(C)C)[C@H]4C[C@H]2C3)cc1C. The monoisotopic (exact) mass is 590 g/mol. The predicted octanol–water partition coefficient (Wildman–Crippen LogP) is 1.16. The van der Waals surface area contributed by atoms with Gasteiger partial charge in [0, 0.05) is 32.2 Å². The van der Waals surface area contributed by atoms with Gasteiger partial charge in [0.1, 0.15) is 5.75 Å². The lowest BCUT2D eigenvalue weighted by molar-refractivity contribution is -0.181. The number of aliphatic hydroxyl groups is 1. The van der Waals surface area contributed by atoms with Gasteiger partial charge in [-0.3, -0.25) is 28.9 Å². The van der Waals surface area contributed by atoms with Gasteiger partial charge >= 0.3 is 0 Å². The average Bonchev–Trinajstić information content (AvgIpc) is 2.91. The molecule has 6 atom stereocenters. The lowest BCUT2D eigenvalue weighted by Gasteiger charge is -2.52. The maximum Gasteiger partial charge on any atom is 0.235 e. The number of carbonyl (C=O) groups is 5. The van der Waals surface area contributed by atoms with Crippen LogP contribution in [0.5, 0.6) is 5.75 Å². The summed E-state index contributed by atoms with van der Waals surface area (Å²) in [6.07, 6.45) is 0.203. The number of aryl methyl sites for hydroxylation is 2. The highest BCUT2D eigenvalue weighted by atomic mass is 16.3. The number of hydrogen-bond donors (Lipinski definition) is 4. The molecule has 0 aromatic heterocycles. The number of amides is 1. The Morgan fingerprint density at radius 3 is 2.30 bits per heavy atom. The highest BCUT2D eigenvalue weighted by molar-refractivity contribution is 6.32. The van der Waals surface area contributed by atoms with Gasteiger partial charge in [-0.25, -0.2) is 0 Å². The summed E-state index contributed by atoms with van der Waals surface area (Å²) in [4.78, 5) is 70.5. The number of phenolic OH excluding ortho intramolecular Hbond substituents is 1. The highest BCUT2D eigenvalue weighted by Crippen LogP contribution is 2.52. The molecule has 1 amide bonds. The van der Waals surface area contributed by atoms with Crippen LogP contribution in [0.4, 0.5) is 11.4 Å². The molecule has 0 saturated heterocycles. The fourth-order valence-electron chi connectivity index (χ4n) is 7.30. The average molecular weight is 591 g/mol. The Labute approximate surface area is 250 Å². The number of nitrogens with two attached hydrogens (primary N) is 1. The molecule has 5 N–H and O–H groups in total. The van der Waals surface area contributed by atoms with E-state index in [1.54, 1.807) is 20.2 Å². The molecule has 2 unspecified atom stereocenters. The van der Waals surface area contributed by atoms with Crippen LogP contribution in [0.15, 0.2) is 24.3 Å². The fourth-order valence-corrected chi connectivity index (χ4v) is 7.30. The fraction of sp³-hybridized carbons (Fsp3) is 0.469. The number of nitrogens with zero attached hydrogens (tertiary/aromatic N) is 2. The maximum atomic E-state index is 14.2. The summed E-state index contributed by atoms with van der Waals surface area (Å²) in [5.74, 6) is -10.6. The number of nitrogens with one attached hydrogen (secondary N) is 1. The Hall–Kier alpha value is -4.09. The first-order valence-electron chi connectivity index (χ1n) is 14.3. The van der Waals surface area contributed by atoms with Crippen LogP contribution in [-0.4, -0.2) is 84.0 Å². The summed E-state index contributed by atoms with van der Waals surface area (Å²) in [6, 6.07) is 6.63. The summed E-state index contributed by atoms with van der Waals surface area (Å²) in [7, 11) is 6.74. The summed E-state index contributed by atoms with van der Waals surface area (Å²) in [5, 5.41) is 26.4. The van der Waals surface area contributed by atoms with Gasteiger partial charge in [0.05, 0.1) is 23.2 Å². The molecule has 2 aromatic rings. The van der Waals surface area contributed by atoms with Gasteiger partial charge < -0.3 is 26.2 Å². The normalized spacial score (nSPS) is 28.3. The number of phenols is 1. The molecule has 228 valence electrons. The lowest BCUT2D eigenvalue weighted by atomic mass is 9.52. The van der Waals surface area contributed by atoms with E-state index in [-0.39, 0.29) is 24.2 Å². The van der Waals surface area contributed by atoms with Gasteiger partial charge in [-0.15, -0.1) is 0 Å². The van der Waals surface area contributed by atoms with Gasteiger partial charge in [0.15, 0.2) is 34.7 Å². The van der Waals surface area contributed by atoms with Crippen LogP contribution in [0, 0.1) is 37.5 Å². The van der Waals surface area contributed by atoms with Crippen molar-refractivity contribution in [2.24, 2.45) is 29.4 Å². The molecule has 2 saturated carbocycles. The molecule has 2 aromatic carbocycles. The van der Waals surface area contributed by atoms with Gasteiger partial charge in [0.25, 0.3) is 0 Å². The molecular weight excluding hydrogens is 552 g/mol. The second-order valence-corrected chi connectivity index (χ2v) is 12.6. The van der Waals surface area contributed by atoms with Crippen LogP contribution in [-0.2, 0) is 32.1 Å². The Bertz CT molecular complexity index is 1580. The number of ketones is 4. The molecule has 0 aliphatic heterocycles. The first-order valence-corrected chi connectivity index (χ1v) is 14.3. The van der Waals surface area contributed by atoms with E-state index < -0.39 is 64.4 Å². The third kappa shape index (κ3) is 4.53. The molecule has 3 aliphatic carbocycles.